The Bertz CT molecular complexity index is 695. The second-order valence-corrected chi connectivity index (χ2v) is 6.18. The van der Waals surface area contributed by atoms with Crippen molar-refractivity contribution in [2.24, 2.45) is 0 Å². The van der Waals surface area contributed by atoms with E-state index in [4.69, 9.17) is 12.2 Å². The highest BCUT2D eigenvalue weighted by molar-refractivity contribution is 7.99. The average molecular weight is 348 g/mol. The average Bonchev–Trinajstić information content (AvgIpc) is 2.53. The molecule has 0 bridgehead atoms. The molecule has 0 unspecified atom stereocenters. The standard InChI is InChI=1S/C15H16N4O2S2/c1-2-8-23-12-5-6-14(19(20)21)13(9-12)18-15(22)17-11-4-3-7-16-10-11/h3-7,9-10H,2,8H2,1H3,(H2,17,18,22). The first kappa shape index (κ1) is 17.2. The van der Waals surface area contributed by atoms with Crippen molar-refractivity contribution in [3.05, 3.63) is 52.8 Å². The molecular formula is C15H16N4O2S2. The van der Waals surface area contributed by atoms with E-state index in [1.807, 2.05) is 6.07 Å². The van der Waals surface area contributed by atoms with Crippen LogP contribution in [0.2, 0.25) is 0 Å². The smallest absolute Gasteiger partial charge is 0.292 e. The lowest BCUT2D eigenvalue weighted by molar-refractivity contribution is -0.383. The highest BCUT2D eigenvalue weighted by Crippen LogP contribution is 2.30. The molecule has 0 radical (unpaired) electrons. The van der Waals surface area contributed by atoms with Gasteiger partial charge in [0.05, 0.1) is 16.8 Å². The van der Waals surface area contributed by atoms with Gasteiger partial charge in [-0.2, -0.15) is 0 Å². The van der Waals surface area contributed by atoms with Gasteiger partial charge in [-0.25, -0.2) is 0 Å². The first-order chi connectivity index (χ1) is 11.1. The van der Waals surface area contributed by atoms with E-state index in [1.165, 1.54) is 6.07 Å². The van der Waals surface area contributed by atoms with Gasteiger partial charge in [-0.15, -0.1) is 11.8 Å². The molecule has 0 aliphatic rings. The van der Waals surface area contributed by atoms with Crippen LogP contribution in [0.25, 0.3) is 0 Å². The number of thiocarbonyl (C=S) groups is 1. The summed E-state index contributed by atoms with van der Waals surface area (Å²) in [5, 5.41) is 17.3. The Labute approximate surface area is 143 Å². The maximum Gasteiger partial charge on any atom is 0.292 e. The molecule has 6 nitrogen and oxygen atoms in total. The number of hydrogen-bond acceptors (Lipinski definition) is 5. The van der Waals surface area contributed by atoms with Crippen molar-refractivity contribution < 1.29 is 4.92 Å². The number of thioether (sulfide) groups is 1. The highest BCUT2D eigenvalue weighted by Gasteiger charge is 2.15. The van der Waals surface area contributed by atoms with Crippen LogP contribution in [0.5, 0.6) is 0 Å². The molecule has 8 heteroatoms. The van der Waals surface area contributed by atoms with Crippen LogP contribution in [0, 0.1) is 10.1 Å². The first-order valence-electron chi connectivity index (χ1n) is 6.99. The number of pyridine rings is 1. The van der Waals surface area contributed by atoms with Gasteiger partial charge < -0.3 is 10.6 Å². The molecule has 1 heterocycles. The van der Waals surface area contributed by atoms with Crippen molar-refractivity contribution >= 4 is 46.2 Å². The maximum absolute atomic E-state index is 11.2. The Morgan fingerprint density at radius 2 is 2.22 bits per heavy atom. The van der Waals surface area contributed by atoms with E-state index in [0.717, 1.165) is 17.1 Å². The van der Waals surface area contributed by atoms with E-state index in [2.05, 4.69) is 22.5 Å². The van der Waals surface area contributed by atoms with Crippen LogP contribution in [0.3, 0.4) is 0 Å². The number of aromatic nitrogens is 1. The number of nitrogens with zero attached hydrogens (tertiary/aromatic N) is 2. The van der Waals surface area contributed by atoms with Crippen LogP contribution in [-0.2, 0) is 0 Å². The lowest BCUT2D eigenvalue weighted by Crippen LogP contribution is -2.19. The van der Waals surface area contributed by atoms with Crippen LogP contribution in [-0.4, -0.2) is 20.8 Å². The summed E-state index contributed by atoms with van der Waals surface area (Å²) in [6.07, 6.45) is 4.31. The number of nitro benzene ring substituents is 1. The summed E-state index contributed by atoms with van der Waals surface area (Å²) in [6.45, 7) is 2.09. The summed E-state index contributed by atoms with van der Waals surface area (Å²) >= 11 is 6.87. The Morgan fingerprint density at radius 3 is 2.87 bits per heavy atom. The third kappa shape index (κ3) is 5.19. The fourth-order valence-electron chi connectivity index (χ4n) is 1.81. The van der Waals surface area contributed by atoms with Crippen molar-refractivity contribution in [3.8, 4) is 0 Å². The van der Waals surface area contributed by atoms with Gasteiger partial charge in [0.15, 0.2) is 5.11 Å². The molecule has 0 aliphatic carbocycles. The van der Waals surface area contributed by atoms with Crippen molar-refractivity contribution in [1.29, 1.82) is 0 Å². The number of rotatable bonds is 6. The lowest BCUT2D eigenvalue weighted by atomic mass is 10.2. The molecule has 23 heavy (non-hydrogen) atoms. The van der Waals surface area contributed by atoms with E-state index >= 15 is 0 Å². The third-order valence-electron chi connectivity index (χ3n) is 2.81. The van der Waals surface area contributed by atoms with E-state index in [0.29, 0.717) is 11.4 Å². The molecule has 0 saturated carbocycles. The van der Waals surface area contributed by atoms with Crippen LogP contribution in [0.15, 0.2) is 47.6 Å². The van der Waals surface area contributed by atoms with Crippen LogP contribution < -0.4 is 10.6 Å². The van der Waals surface area contributed by atoms with Gasteiger partial charge >= 0.3 is 0 Å². The van der Waals surface area contributed by atoms with Gasteiger partial charge in [0.2, 0.25) is 0 Å². The van der Waals surface area contributed by atoms with E-state index in [9.17, 15) is 10.1 Å². The van der Waals surface area contributed by atoms with Gasteiger partial charge in [-0.05, 0) is 48.7 Å². The molecule has 2 N–H and O–H groups in total. The van der Waals surface area contributed by atoms with Crippen molar-refractivity contribution in [1.82, 2.24) is 4.98 Å². The van der Waals surface area contributed by atoms with Gasteiger partial charge in [-0.1, -0.05) is 6.92 Å². The highest BCUT2D eigenvalue weighted by atomic mass is 32.2. The van der Waals surface area contributed by atoms with Crippen molar-refractivity contribution in [2.45, 2.75) is 18.2 Å². The van der Waals surface area contributed by atoms with E-state index in [1.54, 1.807) is 42.4 Å². The normalized spacial score (nSPS) is 10.1. The Balaban J connectivity index is 2.15. The zero-order valence-corrected chi connectivity index (χ0v) is 14.1. The summed E-state index contributed by atoms with van der Waals surface area (Å²) in [4.78, 5) is 15.7. The molecule has 120 valence electrons. The fourth-order valence-corrected chi connectivity index (χ4v) is 2.84. The van der Waals surface area contributed by atoms with E-state index < -0.39 is 4.92 Å². The molecule has 0 atom stereocenters. The summed E-state index contributed by atoms with van der Waals surface area (Å²) < 4.78 is 0. The van der Waals surface area contributed by atoms with Crippen LogP contribution >= 0.6 is 24.0 Å². The van der Waals surface area contributed by atoms with Gasteiger partial charge in [0.25, 0.3) is 5.69 Å². The molecule has 0 spiro atoms. The summed E-state index contributed by atoms with van der Waals surface area (Å²) in [5.41, 5.74) is 1.07. The Hall–Kier alpha value is -2.19. The predicted octanol–water partition coefficient (Wildman–Crippen LogP) is 4.30. The minimum Gasteiger partial charge on any atom is -0.331 e. The zero-order valence-electron chi connectivity index (χ0n) is 12.5. The van der Waals surface area contributed by atoms with Crippen molar-refractivity contribution in [3.63, 3.8) is 0 Å². The Kier molecular flexibility index (Phi) is 6.30. The molecule has 0 aliphatic heterocycles. The maximum atomic E-state index is 11.2. The molecular weight excluding hydrogens is 332 g/mol. The number of hydrogen-bond donors (Lipinski definition) is 2. The fraction of sp³-hybridized carbons (Fsp3) is 0.200. The second-order valence-electron chi connectivity index (χ2n) is 4.61. The molecule has 1 aromatic heterocycles. The van der Waals surface area contributed by atoms with Crippen LogP contribution in [0.4, 0.5) is 17.1 Å². The zero-order chi connectivity index (χ0) is 16.7. The van der Waals surface area contributed by atoms with E-state index in [-0.39, 0.29) is 10.8 Å². The van der Waals surface area contributed by atoms with Crippen molar-refractivity contribution in [2.75, 3.05) is 16.4 Å². The number of nitro groups is 1. The minimum absolute atomic E-state index is 0.0128. The molecule has 1 aromatic carbocycles. The topological polar surface area (TPSA) is 80.1 Å². The largest absolute Gasteiger partial charge is 0.331 e. The van der Waals surface area contributed by atoms with Gasteiger partial charge in [-0.3, -0.25) is 15.1 Å². The summed E-state index contributed by atoms with van der Waals surface area (Å²) in [7, 11) is 0. The van der Waals surface area contributed by atoms with Crippen LogP contribution in [0.1, 0.15) is 13.3 Å². The predicted molar refractivity (Wildman–Crippen MR) is 98.2 cm³/mol. The lowest BCUT2D eigenvalue weighted by Gasteiger charge is -2.11. The van der Waals surface area contributed by atoms with Gasteiger partial charge in [0, 0.05) is 17.2 Å². The monoisotopic (exact) mass is 348 g/mol. The number of nitrogens with one attached hydrogen (secondary N) is 2. The Morgan fingerprint density at radius 1 is 1.39 bits per heavy atom. The van der Waals surface area contributed by atoms with Gasteiger partial charge in [0.1, 0.15) is 5.69 Å². The molecule has 2 aromatic rings. The molecule has 0 saturated heterocycles. The molecule has 0 fully saturated rings. The number of anilines is 2. The first-order valence-corrected chi connectivity index (χ1v) is 8.39. The minimum atomic E-state index is -0.427. The second kappa shape index (κ2) is 8.44. The summed E-state index contributed by atoms with van der Waals surface area (Å²) in [5.74, 6) is 0.954. The number of benzene rings is 1. The molecule has 2 rings (SSSR count). The molecule has 0 amide bonds. The quantitative estimate of drug-likeness (QED) is 0.349. The third-order valence-corrected chi connectivity index (χ3v) is 4.21. The SMILES string of the molecule is CCCSc1ccc([N+](=O)[O-])c(NC(=S)Nc2cccnc2)c1. The summed E-state index contributed by atoms with van der Waals surface area (Å²) in [6, 6.07) is 8.57.